The Morgan fingerprint density at radius 1 is 1.20 bits per heavy atom. The van der Waals surface area contributed by atoms with Crippen molar-refractivity contribution in [3.05, 3.63) is 29.8 Å². The Balaban J connectivity index is 1.86. The Morgan fingerprint density at radius 3 is 2.48 bits per heavy atom. The molecule has 2 N–H and O–H groups in total. The second kappa shape index (κ2) is 8.99. The van der Waals surface area contributed by atoms with Gasteiger partial charge in [-0.15, -0.1) is 0 Å². The first kappa shape index (κ1) is 19.4. The summed E-state index contributed by atoms with van der Waals surface area (Å²) in [6.07, 6.45) is 3.60. The first-order valence-corrected chi connectivity index (χ1v) is 9.14. The fraction of sp³-hybridized carbons (Fsp3) is 0.600. The summed E-state index contributed by atoms with van der Waals surface area (Å²) in [4.78, 5) is 23.7. The molecule has 2 amide bonds. The van der Waals surface area contributed by atoms with Gasteiger partial charge < -0.3 is 15.4 Å². The Bertz CT molecular complexity index is 583. The summed E-state index contributed by atoms with van der Waals surface area (Å²) in [6.45, 7) is 6.77. The molecule has 1 saturated carbocycles. The predicted octanol–water partition coefficient (Wildman–Crippen LogP) is 3.46. The van der Waals surface area contributed by atoms with Crippen molar-refractivity contribution in [2.45, 2.75) is 46.1 Å². The summed E-state index contributed by atoms with van der Waals surface area (Å²) in [5.74, 6) is 1.44. The molecule has 0 radical (unpaired) electrons. The van der Waals surface area contributed by atoms with Gasteiger partial charge >= 0.3 is 0 Å². The molecule has 0 bridgehead atoms. The number of anilines is 1. The first-order valence-electron chi connectivity index (χ1n) is 9.14. The largest absolute Gasteiger partial charge is 0.368 e. The maximum Gasteiger partial charge on any atom is 0.251 e. The smallest absolute Gasteiger partial charge is 0.251 e. The molecule has 1 aromatic rings. The van der Waals surface area contributed by atoms with E-state index in [2.05, 4.69) is 31.4 Å². The maximum absolute atomic E-state index is 12.2. The van der Waals surface area contributed by atoms with E-state index >= 15 is 0 Å². The summed E-state index contributed by atoms with van der Waals surface area (Å²) in [5.41, 5.74) is 1.23. The SMILES string of the molecule is CNC(=O)c1ccc(NC(=O)CO[C@@H]2C[C@H](C)CC[C@H]2C(C)C)cc1. The van der Waals surface area contributed by atoms with Crippen LogP contribution in [-0.2, 0) is 9.53 Å². The van der Waals surface area contributed by atoms with Crippen molar-refractivity contribution >= 4 is 17.5 Å². The van der Waals surface area contributed by atoms with Gasteiger partial charge in [0.15, 0.2) is 0 Å². The van der Waals surface area contributed by atoms with Crippen molar-refractivity contribution in [1.82, 2.24) is 5.32 Å². The number of amides is 2. The molecule has 3 atom stereocenters. The van der Waals surface area contributed by atoms with E-state index in [0.29, 0.717) is 29.0 Å². The second-order valence-corrected chi connectivity index (χ2v) is 7.38. The number of nitrogens with one attached hydrogen (secondary N) is 2. The molecule has 0 unspecified atom stereocenters. The van der Waals surface area contributed by atoms with Crippen molar-refractivity contribution in [1.29, 1.82) is 0 Å². The third kappa shape index (κ3) is 5.56. The molecule has 2 rings (SSSR count). The molecule has 1 aromatic carbocycles. The molecule has 5 heteroatoms. The van der Waals surface area contributed by atoms with Crippen molar-refractivity contribution in [2.24, 2.45) is 17.8 Å². The molecular weight excluding hydrogens is 316 g/mol. The lowest BCUT2D eigenvalue weighted by atomic mass is 9.75. The summed E-state index contributed by atoms with van der Waals surface area (Å²) in [5, 5.41) is 5.39. The summed E-state index contributed by atoms with van der Waals surface area (Å²) < 4.78 is 5.96. The number of ether oxygens (including phenoxy) is 1. The number of carbonyl (C=O) groups excluding carboxylic acids is 2. The third-order valence-corrected chi connectivity index (χ3v) is 5.05. The van der Waals surface area contributed by atoms with Crippen LogP contribution in [0.5, 0.6) is 0 Å². The monoisotopic (exact) mass is 346 g/mol. The van der Waals surface area contributed by atoms with Gasteiger partial charge in [-0.25, -0.2) is 0 Å². The van der Waals surface area contributed by atoms with Crippen LogP contribution in [0.15, 0.2) is 24.3 Å². The first-order chi connectivity index (χ1) is 11.9. The van der Waals surface area contributed by atoms with Gasteiger partial charge in [-0.05, 0) is 54.9 Å². The van der Waals surface area contributed by atoms with Gasteiger partial charge in [0.05, 0.1) is 6.10 Å². The van der Waals surface area contributed by atoms with Gasteiger partial charge in [0.25, 0.3) is 5.91 Å². The standard InChI is InChI=1S/C20H30N2O3/c1-13(2)17-10-5-14(3)11-18(17)25-12-19(23)22-16-8-6-15(7-9-16)20(24)21-4/h6-9,13-14,17-18H,5,10-12H2,1-4H3,(H,21,24)(H,22,23)/t14-,17+,18-/m1/s1. The van der Waals surface area contributed by atoms with Gasteiger partial charge in [-0.2, -0.15) is 0 Å². The van der Waals surface area contributed by atoms with E-state index < -0.39 is 0 Å². The summed E-state index contributed by atoms with van der Waals surface area (Å²) in [7, 11) is 1.59. The highest BCUT2D eigenvalue weighted by molar-refractivity contribution is 5.95. The lowest BCUT2D eigenvalue weighted by molar-refractivity contribution is -0.126. The number of rotatable bonds is 6. The highest BCUT2D eigenvalue weighted by Gasteiger charge is 2.31. The topological polar surface area (TPSA) is 67.4 Å². The van der Waals surface area contributed by atoms with E-state index in [0.717, 1.165) is 6.42 Å². The van der Waals surface area contributed by atoms with Crippen LogP contribution >= 0.6 is 0 Å². The van der Waals surface area contributed by atoms with Crippen LogP contribution in [0, 0.1) is 17.8 Å². The van der Waals surface area contributed by atoms with Crippen molar-refractivity contribution in [3.8, 4) is 0 Å². The van der Waals surface area contributed by atoms with Crippen LogP contribution in [0.2, 0.25) is 0 Å². The van der Waals surface area contributed by atoms with Crippen molar-refractivity contribution in [2.75, 3.05) is 19.0 Å². The number of hydrogen-bond donors (Lipinski definition) is 2. The molecule has 0 spiro atoms. The average Bonchev–Trinajstić information content (AvgIpc) is 2.59. The van der Waals surface area contributed by atoms with Gasteiger partial charge in [0, 0.05) is 18.3 Å². The molecule has 0 aromatic heterocycles. The second-order valence-electron chi connectivity index (χ2n) is 7.38. The van der Waals surface area contributed by atoms with Gasteiger partial charge in [-0.3, -0.25) is 9.59 Å². The fourth-order valence-corrected chi connectivity index (χ4v) is 3.54. The summed E-state index contributed by atoms with van der Waals surface area (Å²) in [6, 6.07) is 6.82. The fourth-order valence-electron chi connectivity index (χ4n) is 3.54. The molecule has 0 heterocycles. The zero-order valence-corrected chi connectivity index (χ0v) is 15.7. The van der Waals surface area contributed by atoms with E-state index in [-0.39, 0.29) is 24.5 Å². The average molecular weight is 346 g/mol. The van der Waals surface area contributed by atoms with Crippen LogP contribution < -0.4 is 10.6 Å². The van der Waals surface area contributed by atoms with Gasteiger partial charge in [0.2, 0.25) is 5.91 Å². The van der Waals surface area contributed by atoms with E-state index in [1.165, 1.54) is 12.8 Å². The zero-order chi connectivity index (χ0) is 18.4. The molecule has 25 heavy (non-hydrogen) atoms. The Kier molecular flexibility index (Phi) is 7.00. The predicted molar refractivity (Wildman–Crippen MR) is 99.5 cm³/mol. The van der Waals surface area contributed by atoms with Crippen LogP contribution in [0.25, 0.3) is 0 Å². The molecule has 138 valence electrons. The summed E-state index contributed by atoms with van der Waals surface area (Å²) >= 11 is 0. The Labute approximate surface area is 150 Å². The van der Waals surface area contributed by atoms with Crippen molar-refractivity contribution < 1.29 is 14.3 Å². The lowest BCUT2D eigenvalue weighted by Crippen LogP contribution is -2.36. The number of hydrogen-bond acceptors (Lipinski definition) is 3. The van der Waals surface area contributed by atoms with Gasteiger partial charge in [-0.1, -0.05) is 27.2 Å². The third-order valence-electron chi connectivity index (χ3n) is 5.05. The number of benzene rings is 1. The minimum Gasteiger partial charge on any atom is -0.368 e. The molecule has 1 aliphatic rings. The van der Waals surface area contributed by atoms with Crippen LogP contribution in [0.1, 0.15) is 50.4 Å². The molecular formula is C20H30N2O3. The highest BCUT2D eigenvalue weighted by Crippen LogP contribution is 2.35. The van der Waals surface area contributed by atoms with E-state index in [4.69, 9.17) is 4.74 Å². The minimum atomic E-state index is -0.159. The lowest BCUT2D eigenvalue weighted by Gasteiger charge is -2.37. The Morgan fingerprint density at radius 2 is 1.88 bits per heavy atom. The van der Waals surface area contributed by atoms with E-state index in [1.807, 2.05) is 0 Å². The van der Waals surface area contributed by atoms with E-state index in [9.17, 15) is 9.59 Å². The quantitative estimate of drug-likeness (QED) is 0.829. The molecule has 0 aliphatic heterocycles. The molecule has 0 saturated heterocycles. The normalized spacial score (nSPS) is 23.3. The highest BCUT2D eigenvalue weighted by atomic mass is 16.5. The zero-order valence-electron chi connectivity index (χ0n) is 15.7. The molecule has 1 aliphatic carbocycles. The Hall–Kier alpha value is -1.88. The molecule has 1 fully saturated rings. The maximum atomic E-state index is 12.2. The van der Waals surface area contributed by atoms with Crippen molar-refractivity contribution in [3.63, 3.8) is 0 Å². The molecule has 5 nitrogen and oxygen atoms in total. The van der Waals surface area contributed by atoms with E-state index in [1.54, 1.807) is 31.3 Å². The number of carbonyl (C=O) groups is 2. The van der Waals surface area contributed by atoms with Crippen LogP contribution in [0.3, 0.4) is 0 Å². The minimum absolute atomic E-state index is 0.0673. The van der Waals surface area contributed by atoms with Gasteiger partial charge in [0.1, 0.15) is 6.61 Å². The van der Waals surface area contributed by atoms with Crippen LogP contribution in [-0.4, -0.2) is 31.6 Å². The van der Waals surface area contributed by atoms with Crippen LogP contribution in [0.4, 0.5) is 5.69 Å².